The fourth-order valence-electron chi connectivity index (χ4n) is 8.06. The summed E-state index contributed by atoms with van der Waals surface area (Å²) >= 11 is 38.9. The number of alkyl halides is 7. The van der Waals surface area contributed by atoms with E-state index in [9.17, 15) is 35.9 Å². The largest absolute Gasteiger partial charge is 0.400 e. The van der Waals surface area contributed by atoms with Gasteiger partial charge in [-0.2, -0.15) is 26.3 Å². The topological polar surface area (TPSA) is 56.8 Å². The number of ketones is 1. The zero-order valence-corrected chi connectivity index (χ0v) is 42.3. The Balaban J connectivity index is 0.000000240. The van der Waals surface area contributed by atoms with Crippen molar-refractivity contribution in [1.29, 1.82) is 0 Å². The average Bonchev–Trinajstić information content (AvgIpc) is 3.93. The lowest BCUT2D eigenvalue weighted by atomic mass is 9.79. The van der Waals surface area contributed by atoms with Crippen LogP contribution in [-0.4, -0.2) is 72.1 Å². The van der Waals surface area contributed by atoms with Gasteiger partial charge in [-0.25, -0.2) is 0 Å². The number of anilines is 2. The molecule has 5 aromatic rings. The highest BCUT2D eigenvalue weighted by Gasteiger charge is 2.60. The van der Waals surface area contributed by atoms with Gasteiger partial charge in [-0.05, 0) is 120 Å². The molecule has 2 aliphatic heterocycles. The van der Waals surface area contributed by atoms with Gasteiger partial charge >= 0.3 is 12.4 Å². The summed E-state index contributed by atoms with van der Waals surface area (Å²) in [5, 5.41) is 1.25. The summed E-state index contributed by atoms with van der Waals surface area (Å²) in [6, 6.07) is 23.5. The number of halogens is 13. The third-order valence-electron chi connectivity index (χ3n) is 11.8. The fourth-order valence-corrected chi connectivity index (χ4v) is 9.63. The van der Waals surface area contributed by atoms with E-state index in [0.717, 1.165) is 11.3 Å². The number of amides is 1. The first-order chi connectivity index (χ1) is 31.0. The van der Waals surface area contributed by atoms with Crippen LogP contribution in [0.1, 0.15) is 58.9 Å². The first-order valence-corrected chi connectivity index (χ1v) is 24.6. The molecule has 4 aromatic carbocycles. The minimum Gasteiger partial charge on any atom is -0.370 e. The molecule has 0 radical (unpaired) electrons. The number of carbonyl (C=O) groups excluding carboxylic acids is 2. The Morgan fingerprint density at radius 1 is 0.682 bits per heavy atom. The Morgan fingerprint density at radius 2 is 1.15 bits per heavy atom. The predicted molar refractivity (Wildman–Crippen MR) is 264 cm³/mol. The van der Waals surface area contributed by atoms with Crippen molar-refractivity contribution < 1.29 is 35.9 Å². The lowest BCUT2D eigenvalue weighted by Crippen LogP contribution is -2.44. The maximum atomic E-state index is 14.3. The summed E-state index contributed by atoms with van der Waals surface area (Å²) in [7, 11) is 1.65. The molecule has 1 aromatic heterocycles. The van der Waals surface area contributed by atoms with E-state index in [0.29, 0.717) is 34.9 Å². The Labute approximate surface area is 423 Å². The van der Waals surface area contributed by atoms with E-state index in [1.807, 2.05) is 17.1 Å². The molecule has 7 rings (SSSR count). The number of nitrogens with zero attached hydrogens (tertiary/aromatic N) is 4. The normalized spacial score (nSPS) is 18.3. The van der Waals surface area contributed by atoms with Crippen LogP contribution in [0.4, 0.5) is 37.7 Å². The smallest absolute Gasteiger partial charge is 0.370 e. The van der Waals surface area contributed by atoms with E-state index in [2.05, 4.69) is 27.6 Å². The predicted octanol–water partition coefficient (Wildman–Crippen LogP) is 15.0. The van der Waals surface area contributed by atoms with Gasteiger partial charge in [0.05, 0.1) is 5.02 Å². The second-order valence-electron chi connectivity index (χ2n) is 15.9. The molecule has 0 aliphatic carbocycles. The summed E-state index contributed by atoms with van der Waals surface area (Å²) in [6.45, 7) is 1.56. The first-order valence-electron chi connectivity index (χ1n) is 20.2. The zero-order valence-electron chi connectivity index (χ0n) is 35.6. The average molecular weight is 1150 g/mol. The summed E-state index contributed by atoms with van der Waals surface area (Å²) < 4.78 is 85.7. The van der Waals surface area contributed by atoms with E-state index >= 15 is 0 Å². The fraction of sp³-hybridized carbons (Fsp3) is 0.340. The Morgan fingerprint density at radius 3 is 1.56 bits per heavy atom. The quantitative estimate of drug-likeness (QED) is 0.0604. The molecule has 0 saturated carbocycles. The van der Waals surface area contributed by atoms with Crippen molar-refractivity contribution in [3.8, 4) is 0 Å². The minimum atomic E-state index is -4.51. The Hall–Kier alpha value is -3.18. The minimum absolute atomic E-state index is 0.0346. The molecule has 19 heteroatoms. The van der Waals surface area contributed by atoms with Crippen molar-refractivity contribution in [3.05, 3.63) is 155 Å². The highest BCUT2D eigenvalue weighted by molar-refractivity contribution is 14.1. The molecule has 2 aliphatic rings. The highest BCUT2D eigenvalue weighted by Crippen LogP contribution is 2.51. The molecule has 0 N–H and O–H groups in total. The molecule has 354 valence electrons. The Kier molecular flexibility index (Phi) is 18.3. The molecule has 3 heterocycles. The highest BCUT2D eigenvalue weighted by atomic mass is 127. The van der Waals surface area contributed by atoms with E-state index in [1.54, 1.807) is 65.5 Å². The number of Topliss-reactive ketones (excluding diaryl/α,β-unsaturated/α-hetero) is 1. The van der Waals surface area contributed by atoms with Crippen LogP contribution >= 0.6 is 92.2 Å². The number of rotatable bonds is 10. The van der Waals surface area contributed by atoms with Crippen molar-refractivity contribution in [3.63, 3.8) is 0 Å². The molecule has 6 nitrogen and oxygen atoms in total. The maximum absolute atomic E-state index is 14.3. The number of carbonyl (C=O) groups is 2. The van der Waals surface area contributed by atoms with Crippen LogP contribution < -0.4 is 9.80 Å². The maximum Gasteiger partial charge on any atom is 0.400 e. The van der Waals surface area contributed by atoms with E-state index < -0.39 is 23.2 Å². The van der Waals surface area contributed by atoms with Crippen molar-refractivity contribution in [2.75, 3.05) is 48.0 Å². The second kappa shape index (κ2) is 22.5. The number of aryl methyl sites for hydroxylation is 1. The lowest BCUT2D eigenvalue weighted by Gasteiger charge is -2.33. The van der Waals surface area contributed by atoms with Gasteiger partial charge in [0.15, 0.2) is 5.78 Å². The third-order valence-corrected chi connectivity index (χ3v) is 13.3. The molecule has 2 unspecified atom stereocenters. The van der Waals surface area contributed by atoms with Crippen molar-refractivity contribution >= 4 is 115 Å². The molecule has 0 spiro atoms. The molecular formula is C47H43Cl6F6IN4O2. The van der Waals surface area contributed by atoms with Crippen LogP contribution in [0.25, 0.3) is 0 Å². The van der Waals surface area contributed by atoms with Crippen LogP contribution in [0.3, 0.4) is 0 Å². The van der Waals surface area contributed by atoms with Crippen molar-refractivity contribution in [2.45, 2.75) is 62.3 Å². The van der Waals surface area contributed by atoms with Crippen LogP contribution in [0, 0.1) is 0 Å². The molecule has 2 fully saturated rings. The number of hydrogen-bond acceptors (Lipinski definition) is 5. The number of hydrogen-bond donors (Lipinski definition) is 0. The van der Waals surface area contributed by atoms with E-state index in [4.69, 9.17) is 69.6 Å². The van der Waals surface area contributed by atoms with Crippen LogP contribution in [0.2, 0.25) is 30.1 Å². The number of pyridine rings is 1. The molecule has 2 atom stereocenters. The van der Waals surface area contributed by atoms with Crippen molar-refractivity contribution in [2.24, 2.45) is 0 Å². The van der Waals surface area contributed by atoms with Gasteiger partial charge in [0, 0.05) is 107 Å². The van der Waals surface area contributed by atoms with Crippen LogP contribution in [-0.2, 0) is 28.6 Å². The summed E-state index contributed by atoms with van der Waals surface area (Å²) in [6.07, 6.45) is -6.91. The Bertz CT molecular complexity index is 2480. The molecule has 2 saturated heterocycles. The standard InChI is InChI=1S/C25H20Cl3F3N2O.C21H20Cl3F3N2O.CH3I/c26-17-11-16(12-18(27)13-17)24(25(29,30)31)8-10-33(15-24)20-5-6-21(22(28)14-20)23(34)7-4-19-3-1-2-9-32-19;1-13(30)28(2)11-14-3-4-18(10-19(14)24)29-6-5-20(12-29,21(25,26)27)15-7-16(22)9-17(23)8-15;1-2/h1-3,5-6,9,11-14H,4,7-8,10,15H2;3-4,7-10H,5-6,11-12H2,1-2H3;1H3. The van der Waals surface area contributed by atoms with Gasteiger partial charge in [0.25, 0.3) is 0 Å². The molecule has 0 bridgehead atoms. The van der Waals surface area contributed by atoms with Crippen molar-refractivity contribution in [1.82, 2.24) is 9.88 Å². The second-order valence-corrected chi connectivity index (χ2v) is 18.4. The van der Waals surface area contributed by atoms with E-state index in [-0.39, 0.29) is 93.4 Å². The van der Waals surface area contributed by atoms with Crippen LogP contribution in [0.5, 0.6) is 0 Å². The first kappa shape index (κ1) is 53.8. The lowest BCUT2D eigenvalue weighted by molar-refractivity contribution is -0.185. The van der Waals surface area contributed by atoms with Gasteiger partial charge in [0.1, 0.15) is 10.8 Å². The number of aromatic nitrogens is 1. The number of benzene rings is 4. The third kappa shape index (κ3) is 12.5. The van der Waals surface area contributed by atoms with Gasteiger partial charge < -0.3 is 14.7 Å². The van der Waals surface area contributed by atoms with Gasteiger partial charge in [-0.15, -0.1) is 0 Å². The van der Waals surface area contributed by atoms with Crippen LogP contribution in [0.15, 0.2) is 97.2 Å². The van der Waals surface area contributed by atoms with E-state index in [1.165, 1.54) is 48.2 Å². The summed E-state index contributed by atoms with van der Waals surface area (Å²) in [5.41, 5.74) is -1.14. The monoisotopic (exact) mass is 1150 g/mol. The zero-order chi connectivity index (χ0) is 48.8. The molecule has 1 amide bonds. The molecule has 66 heavy (non-hydrogen) atoms. The van der Waals surface area contributed by atoms with Gasteiger partial charge in [-0.3, -0.25) is 14.6 Å². The van der Waals surface area contributed by atoms with Gasteiger partial charge in [-0.1, -0.05) is 104 Å². The summed E-state index contributed by atoms with van der Waals surface area (Å²) in [5.74, 6) is -0.258. The summed E-state index contributed by atoms with van der Waals surface area (Å²) in [4.78, 5) is 35.0. The molecular weight excluding hydrogens is 1110 g/mol. The van der Waals surface area contributed by atoms with Gasteiger partial charge in [0.2, 0.25) is 5.91 Å². The SMILES string of the molecule is CC(=O)N(C)Cc1ccc(N2CCC(c3cc(Cl)cc(Cl)c3)(C(F)(F)F)C2)cc1Cl.CI.O=C(CCc1ccccn1)c1ccc(N2CCC(c3cc(Cl)cc(Cl)c3)(C(F)(F)F)C2)cc1Cl.